The van der Waals surface area contributed by atoms with Crippen molar-refractivity contribution in [2.24, 2.45) is 0 Å². The first-order valence-corrected chi connectivity index (χ1v) is 23.9. The topological polar surface area (TPSA) is 94.1 Å². The highest BCUT2D eigenvalue weighted by Crippen LogP contribution is 2.34. The molecule has 2 saturated heterocycles. The Morgan fingerprint density at radius 2 is 1.03 bits per heavy atom. The van der Waals surface area contributed by atoms with Crippen molar-refractivity contribution in [3.05, 3.63) is 156 Å². The monoisotopic (exact) mass is 879 g/mol. The zero-order valence-electron chi connectivity index (χ0n) is 38.6. The van der Waals surface area contributed by atoms with Crippen molar-refractivity contribution in [1.82, 2.24) is 0 Å². The highest BCUT2D eigenvalue weighted by molar-refractivity contribution is 5.16. The molecule has 0 bridgehead atoms. The van der Waals surface area contributed by atoms with Crippen LogP contribution in [-0.2, 0) is 64.3 Å². The predicted molar refractivity (Wildman–Crippen MR) is 251 cm³/mol. The smallest absolute Gasteiger partial charge is 0.187 e. The van der Waals surface area contributed by atoms with Crippen molar-refractivity contribution in [2.75, 3.05) is 13.2 Å². The van der Waals surface area contributed by atoms with Crippen molar-refractivity contribution in [2.45, 2.75) is 173 Å². The molecule has 4 aromatic carbocycles. The van der Waals surface area contributed by atoms with E-state index in [1.54, 1.807) is 0 Å². The van der Waals surface area contributed by atoms with E-state index in [-0.39, 0.29) is 19.8 Å². The molecule has 2 aliphatic rings. The van der Waals surface area contributed by atoms with Crippen molar-refractivity contribution in [3.8, 4) is 0 Å². The van der Waals surface area contributed by atoms with Crippen LogP contribution in [0.25, 0.3) is 0 Å². The Morgan fingerprint density at radius 1 is 0.562 bits per heavy atom. The molecule has 6 rings (SSSR count). The SMILES string of the molecule is CCCCCCCCCCCC/C=C/[C@H]1OC(C)(C)O[C@H]1[C@H](O)CO[C@H]1O[C@H](COCc2ccccc2)[C@H](OCc2ccccc2)[C@H](OCc2ccccc2)[C@H]1OCc1ccccc1. The van der Waals surface area contributed by atoms with E-state index in [0.29, 0.717) is 19.8 Å². The number of rotatable bonds is 29. The molecule has 0 unspecified atom stereocenters. The number of hydrogen-bond donors (Lipinski definition) is 1. The van der Waals surface area contributed by atoms with E-state index in [1.807, 2.05) is 141 Å². The molecular weight excluding hydrogens is 805 g/mol. The molecule has 9 heteroatoms. The number of ether oxygens (including phenoxy) is 8. The molecule has 0 saturated carbocycles. The van der Waals surface area contributed by atoms with Gasteiger partial charge in [-0.05, 0) is 48.9 Å². The van der Waals surface area contributed by atoms with Gasteiger partial charge in [-0.3, -0.25) is 0 Å². The minimum atomic E-state index is -1.03. The van der Waals surface area contributed by atoms with Crippen LogP contribution < -0.4 is 0 Å². The van der Waals surface area contributed by atoms with E-state index in [0.717, 1.165) is 35.1 Å². The first kappa shape index (κ1) is 49.7. The lowest BCUT2D eigenvalue weighted by molar-refractivity contribution is -0.332. The van der Waals surface area contributed by atoms with E-state index in [1.165, 1.54) is 57.8 Å². The van der Waals surface area contributed by atoms with E-state index in [4.69, 9.17) is 37.9 Å². The Hall–Kier alpha value is -3.74. The third kappa shape index (κ3) is 16.9. The summed E-state index contributed by atoms with van der Waals surface area (Å²) in [7, 11) is 0. The van der Waals surface area contributed by atoms with Crippen LogP contribution in [0, 0.1) is 0 Å². The molecule has 2 fully saturated rings. The van der Waals surface area contributed by atoms with Gasteiger partial charge < -0.3 is 43.0 Å². The molecule has 0 radical (unpaired) electrons. The Balaban J connectivity index is 1.17. The van der Waals surface area contributed by atoms with Gasteiger partial charge in [-0.15, -0.1) is 0 Å². The average Bonchev–Trinajstić information content (AvgIpc) is 3.64. The molecule has 348 valence electrons. The quantitative estimate of drug-likeness (QED) is 0.0423. The summed E-state index contributed by atoms with van der Waals surface area (Å²) in [5.41, 5.74) is 4.07. The lowest BCUT2D eigenvalue weighted by atomic mass is 9.97. The van der Waals surface area contributed by atoms with Gasteiger partial charge in [-0.2, -0.15) is 0 Å². The summed E-state index contributed by atoms with van der Waals surface area (Å²) in [4.78, 5) is 0. The number of hydrogen-bond acceptors (Lipinski definition) is 9. The third-order valence-corrected chi connectivity index (χ3v) is 11.9. The summed E-state index contributed by atoms with van der Waals surface area (Å²) in [5, 5.41) is 11.8. The van der Waals surface area contributed by atoms with Gasteiger partial charge in [-0.1, -0.05) is 198 Å². The Kier molecular flexibility index (Phi) is 21.5. The molecule has 4 aromatic rings. The van der Waals surface area contributed by atoms with Crippen LogP contribution in [0.2, 0.25) is 0 Å². The van der Waals surface area contributed by atoms with Crippen LogP contribution in [-0.4, -0.2) is 73.1 Å². The number of allylic oxidation sites excluding steroid dienone is 1. The molecule has 0 aliphatic carbocycles. The molecule has 1 N–H and O–H groups in total. The average molecular weight is 879 g/mol. The van der Waals surface area contributed by atoms with Gasteiger partial charge in [0.1, 0.15) is 42.7 Å². The molecule has 64 heavy (non-hydrogen) atoms. The number of aliphatic hydroxyl groups excluding tert-OH is 1. The molecular formula is C55H74O9. The minimum absolute atomic E-state index is 0.0959. The molecule has 8 atom stereocenters. The van der Waals surface area contributed by atoms with E-state index >= 15 is 0 Å². The van der Waals surface area contributed by atoms with E-state index in [9.17, 15) is 5.11 Å². The maximum atomic E-state index is 11.8. The highest BCUT2D eigenvalue weighted by atomic mass is 16.8. The maximum absolute atomic E-state index is 11.8. The number of aliphatic hydroxyl groups is 1. The van der Waals surface area contributed by atoms with Crippen LogP contribution in [0.3, 0.4) is 0 Å². The van der Waals surface area contributed by atoms with Crippen molar-refractivity contribution in [3.63, 3.8) is 0 Å². The fraction of sp³-hybridized carbons (Fsp3) is 0.527. The van der Waals surface area contributed by atoms with Crippen molar-refractivity contribution >= 4 is 0 Å². The predicted octanol–water partition coefficient (Wildman–Crippen LogP) is 11.4. The molecule has 2 aliphatic heterocycles. The molecule has 0 aromatic heterocycles. The van der Waals surface area contributed by atoms with Gasteiger partial charge in [0.2, 0.25) is 0 Å². The van der Waals surface area contributed by atoms with Gasteiger partial charge in [0.15, 0.2) is 12.1 Å². The highest BCUT2D eigenvalue weighted by Gasteiger charge is 2.50. The van der Waals surface area contributed by atoms with Crippen molar-refractivity contribution < 1.29 is 43.0 Å². The Labute approximate surface area is 383 Å². The first-order valence-electron chi connectivity index (χ1n) is 23.9. The van der Waals surface area contributed by atoms with Gasteiger partial charge in [0.25, 0.3) is 0 Å². The van der Waals surface area contributed by atoms with Crippen molar-refractivity contribution in [1.29, 1.82) is 0 Å². The summed E-state index contributed by atoms with van der Waals surface area (Å²) in [5.74, 6) is -0.874. The minimum Gasteiger partial charge on any atom is -0.388 e. The molecule has 2 heterocycles. The van der Waals surface area contributed by atoms with Crippen LogP contribution in [0.15, 0.2) is 133 Å². The normalized spacial score (nSPS) is 23.7. The fourth-order valence-corrected chi connectivity index (χ4v) is 8.41. The van der Waals surface area contributed by atoms with Crippen LogP contribution in [0.4, 0.5) is 0 Å². The van der Waals surface area contributed by atoms with Crippen LogP contribution >= 0.6 is 0 Å². The summed E-state index contributed by atoms with van der Waals surface area (Å²) in [6.07, 6.45) is 12.5. The number of benzene rings is 4. The zero-order chi connectivity index (χ0) is 44.7. The van der Waals surface area contributed by atoms with Gasteiger partial charge in [0, 0.05) is 0 Å². The molecule has 9 nitrogen and oxygen atoms in total. The van der Waals surface area contributed by atoms with Gasteiger partial charge in [0.05, 0.1) is 39.6 Å². The van der Waals surface area contributed by atoms with Gasteiger partial charge >= 0.3 is 0 Å². The Bertz CT molecular complexity index is 1830. The van der Waals surface area contributed by atoms with Crippen LogP contribution in [0.5, 0.6) is 0 Å². The number of unbranched alkanes of at least 4 members (excludes halogenated alkanes) is 10. The lowest BCUT2D eigenvalue weighted by Gasteiger charge is -2.46. The molecule has 0 amide bonds. The standard InChI is InChI=1S/C55H74O9/c1-4-5-6-7-8-9-10-11-12-13-14-27-36-48-50(64-55(2,3)63-48)47(56)41-61-54-53(60-40-46-34-25-18-26-35-46)52(59-39-45-32-23-17-24-33-45)51(58-38-44-30-21-16-22-31-44)49(62-54)42-57-37-43-28-19-15-20-29-43/h15-36,47-54,56H,4-14,37-42H2,1-3H3/b36-27+/t47-,48-,49-,50+,51+,52+,53-,54+/m1/s1. The summed E-state index contributed by atoms with van der Waals surface area (Å²) in [6.45, 7) is 7.44. The fourth-order valence-electron chi connectivity index (χ4n) is 8.41. The van der Waals surface area contributed by atoms with Gasteiger partial charge in [-0.25, -0.2) is 0 Å². The Morgan fingerprint density at radius 3 is 1.56 bits per heavy atom. The third-order valence-electron chi connectivity index (χ3n) is 11.9. The first-order chi connectivity index (χ1) is 31.4. The second kappa shape index (κ2) is 27.7. The largest absolute Gasteiger partial charge is 0.388 e. The van der Waals surface area contributed by atoms with E-state index in [2.05, 4.69) is 13.0 Å². The second-order valence-electron chi connectivity index (χ2n) is 17.7. The maximum Gasteiger partial charge on any atom is 0.187 e. The lowest BCUT2D eigenvalue weighted by Crippen LogP contribution is -2.62. The summed E-state index contributed by atoms with van der Waals surface area (Å²) in [6, 6.07) is 40.2. The second-order valence-corrected chi connectivity index (χ2v) is 17.7. The van der Waals surface area contributed by atoms with Crippen LogP contribution in [0.1, 0.15) is 114 Å². The summed E-state index contributed by atoms with van der Waals surface area (Å²) < 4.78 is 52.9. The van der Waals surface area contributed by atoms with E-state index < -0.39 is 54.8 Å². The zero-order valence-corrected chi connectivity index (χ0v) is 38.6. The molecule has 0 spiro atoms. The summed E-state index contributed by atoms with van der Waals surface area (Å²) >= 11 is 0.